The van der Waals surface area contributed by atoms with E-state index in [0.717, 1.165) is 19.1 Å². The standard InChI is InChI=1S/C24H18Cl3F9O3S/c1-11(9-40(38,39)10-21(29)30)4-20(37)14-3-2-12(5-16(14)24(34,35)36)19(28)8-15(23(31,32)33)13-6-17(25)22(27)18(26)7-13/h2-3,5-8,11,15,21H,4,9-10H2,1H3/b19-8-/t11-,15?/m0/s1. The Morgan fingerprint density at radius 1 is 0.950 bits per heavy atom. The Labute approximate surface area is 237 Å². The molecule has 222 valence electrons. The molecule has 0 fully saturated rings. The highest BCUT2D eigenvalue weighted by atomic mass is 35.5. The minimum Gasteiger partial charge on any atom is -0.294 e. The number of sulfone groups is 1. The fourth-order valence-electron chi connectivity index (χ4n) is 3.73. The number of hydrogen-bond acceptors (Lipinski definition) is 3. The zero-order valence-corrected chi connectivity index (χ0v) is 23.1. The minimum atomic E-state index is -5.27. The van der Waals surface area contributed by atoms with Crippen LogP contribution in [0.15, 0.2) is 36.4 Å². The molecule has 0 bridgehead atoms. The van der Waals surface area contributed by atoms with Gasteiger partial charge in [-0.2, -0.15) is 26.3 Å². The summed E-state index contributed by atoms with van der Waals surface area (Å²) in [6, 6.07) is 2.84. The number of hydrogen-bond donors (Lipinski definition) is 0. The SMILES string of the molecule is C[C@@H](CC(=O)c1ccc(/C(F)=C/C(c2cc(Cl)c(Cl)c(Cl)c2)C(F)(F)F)cc1C(F)(F)F)CS(=O)(=O)CC(F)F. The van der Waals surface area contributed by atoms with E-state index < -0.39 is 92.2 Å². The summed E-state index contributed by atoms with van der Waals surface area (Å²) in [5, 5.41) is -1.04. The van der Waals surface area contributed by atoms with Crippen LogP contribution in [-0.4, -0.2) is 38.3 Å². The Balaban J connectivity index is 2.47. The number of alkyl halides is 8. The predicted octanol–water partition coefficient (Wildman–Crippen LogP) is 9.21. The molecule has 0 saturated heterocycles. The van der Waals surface area contributed by atoms with Gasteiger partial charge < -0.3 is 0 Å². The molecule has 2 aromatic rings. The van der Waals surface area contributed by atoms with E-state index in [1.165, 1.54) is 0 Å². The molecule has 0 aliphatic carbocycles. The number of halogens is 12. The van der Waals surface area contributed by atoms with Crippen LogP contribution in [-0.2, 0) is 16.0 Å². The zero-order chi connectivity index (χ0) is 30.8. The lowest BCUT2D eigenvalue weighted by atomic mass is 9.93. The molecule has 0 N–H and O–H groups in total. The van der Waals surface area contributed by atoms with Crippen molar-refractivity contribution in [2.45, 2.75) is 38.0 Å². The van der Waals surface area contributed by atoms with Gasteiger partial charge in [-0.1, -0.05) is 53.9 Å². The molecule has 2 atom stereocenters. The molecule has 0 saturated carbocycles. The van der Waals surface area contributed by atoms with Crippen LogP contribution >= 0.6 is 34.8 Å². The van der Waals surface area contributed by atoms with Gasteiger partial charge in [0, 0.05) is 17.5 Å². The summed E-state index contributed by atoms with van der Waals surface area (Å²) in [4.78, 5) is 12.6. The lowest BCUT2D eigenvalue weighted by Gasteiger charge is -2.19. The van der Waals surface area contributed by atoms with E-state index >= 15 is 0 Å². The van der Waals surface area contributed by atoms with E-state index in [2.05, 4.69) is 0 Å². The Hall–Kier alpha value is -1.96. The van der Waals surface area contributed by atoms with Crippen molar-refractivity contribution in [2.24, 2.45) is 5.92 Å². The van der Waals surface area contributed by atoms with Crippen LogP contribution in [0, 0.1) is 5.92 Å². The highest BCUT2D eigenvalue weighted by molar-refractivity contribution is 7.91. The molecule has 0 amide bonds. The van der Waals surface area contributed by atoms with Gasteiger partial charge in [-0.25, -0.2) is 21.6 Å². The molecule has 0 radical (unpaired) electrons. The molecule has 16 heteroatoms. The van der Waals surface area contributed by atoms with Gasteiger partial charge in [-0.3, -0.25) is 4.79 Å². The van der Waals surface area contributed by atoms with Crippen LogP contribution in [0.25, 0.3) is 5.83 Å². The van der Waals surface area contributed by atoms with Gasteiger partial charge in [-0.05, 0) is 35.8 Å². The van der Waals surface area contributed by atoms with Gasteiger partial charge in [0.2, 0.25) is 0 Å². The molecular weight excluding hydrogens is 646 g/mol. The van der Waals surface area contributed by atoms with E-state index in [1.807, 2.05) is 0 Å². The summed E-state index contributed by atoms with van der Waals surface area (Å²) in [5.74, 6) is -9.21. The molecule has 0 heterocycles. The van der Waals surface area contributed by atoms with Crippen molar-refractivity contribution in [2.75, 3.05) is 11.5 Å². The average Bonchev–Trinajstić information content (AvgIpc) is 2.77. The van der Waals surface area contributed by atoms with Crippen LogP contribution in [0.5, 0.6) is 0 Å². The molecule has 0 aliphatic heterocycles. The van der Waals surface area contributed by atoms with Crippen LogP contribution in [0.3, 0.4) is 0 Å². The number of allylic oxidation sites excluding steroid dienone is 1. The third-order valence-electron chi connectivity index (χ3n) is 5.38. The van der Waals surface area contributed by atoms with Crippen LogP contribution in [0.4, 0.5) is 39.5 Å². The Bertz CT molecular complexity index is 1370. The molecule has 2 rings (SSSR count). The highest BCUT2D eigenvalue weighted by Gasteiger charge is 2.41. The molecule has 2 aromatic carbocycles. The molecule has 3 nitrogen and oxygen atoms in total. The van der Waals surface area contributed by atoms with Gasteiger partial charge in [0.25, 0.3) is 6.43 Å². The fourth-order valence-corrected chi connectivity index (χ4v) is 5.84. The minimum absolute atomic E-state index is 0.00280. The number of Topliss-reactive ketones (excluding diaryl/α,β-unsaturated/α-hetero) is 1. The third kappa shape index (κ3) is 9.28. The van der Waals surface area contributed by atoms with Crippen molar-refractivity contribution in [1.29, 1.82) is 0 Å². The Morgan fingerprint density at radius 2 is 1.50 bits per heavy atom. The molecule has 1 unspecified atom stereocenters. The summed E-state index contributed by atoms with van der Waals surface area (Å²) in [6.07, 6.45) is -14.4. The average molecular weight is 664 g/mol. The zero-order valence-electron chi connectivity index (χ0n) is 20.0. The van der Waals surface area contributed by atoms with Gasteiger partial charge in [-0.15, -0.1) is 0 Å². The molecule has 0 aliphatic rings. The molecule has 40 heavy (non-hydrogen) atoms. The number of carbonyl (C=O) groups excluding carboxylic acids is 1. The summed E-state index contributed by atoms with van der Waals surface area (Å²) < 4.78 is 146. The van der Waals surface area contributed by atoms with Crippen LogP contribution < -0.4 is 0 Å². The summed E-state index contributed by atoms with van der Waals surface area (Å²) in [7, 11) is -4.32. The third-order valence-corrected chi connectivity index (χ3v) is 8.42. The number of rotatable bonds is 10. The first kappa shape index (κ1) is 34.2. The predicted molar refractivity (Wildman–Crippen MR) is 134 cm³/mol. The first-order valence-electron chi connectivity index (χ1n) is 10.9. The van der Waals surface area contributed by atoms with Crippen LogP contribution in [0.1, 0.15) is 46.3 Å². The van der Waals surface area contributed by atoms with Crippen molar-refractivity contribution in [3.8, 4) is 0 Å². The largest absolute Gasteiger partial charge is 0.417 e. The monoisotopic (exact) mass is 662 g/mol. The number of carbonyl (C=O) groups is 1. The number of ketones is 1. The molecule has 0 aromatic heterocycles. The highest BCUT2D eigenvalue weighted by Crippen LogP contribution is 2.43. The van der Waals surface area contributed by atoms with E-state index in [-0.39, 0.29) is 27.2 Å². The van der Waals surface area contributed by atoms with Gasteiger partial charge >= 0.3 is 12.4 Å². The lowest BCUT2D eigenvalue weighted by molar-refractivity contribution is -0.140. The van der Waals surface area contributed by atoms with Gasteiger partial charge in [0.15, 0.2) is 15.6 Å². The topological polar surface area (TPSA) is 51.2 Å². The maximum Gasteiger partial charge on any atom is 0.417 e. The van der Waals surface area contributed by atoms with Crippen molar-refractivity contribution in [3.63, 3.8) is 0 Å². The smallest absolute Gasteiger partial charge is 0.294 e. The first-order valence-corrected chi connectivity index (χ1v) is 13.9. The second kappa shape index (κ2) is 12.9. The number of benzene rings is 2. The second-order valence-electron chi connectivity index (χ2n) is 8.79. The molecule has 0 spiro atoms. The lowest BCUT2D eigenvalue weighted by Crippen LogP contribution is -2.23. The Kier molecular flexibility index (Phi) is 11.1. The van der Waals surface area contributed by atoms with Crippen molar-refractivity contribution in [1.82, 2.24) is 0 Å². The Morgan fingerprint density at radius 3 is 1.98 bits per heavy atom. The summed E-state index contributed by atoms with van der Waals surface area (Å²) >= 11 is 17.2. The van der Waals surface area contributed by atoms with Crippen molar-refractivity contribution in [3.05, 3.63) is 73.7 Å². The first-order chi connectivity index (χ1) is 18.1. The maximum absolute atomic E-state index is 15.0. The van der Waals surface area contributed by atoms with E-state index in [9.17, 15) is 52.7 Å². The van der Waals surface area contributed by atoms with E-state index in [0.29, 0.717) is 12.1 Å². The summed E-state index contributed by atoms with van der Waals surface area (Å²) in [6.45, 7) is 1.15. The molecular formula is C24H18Cl3F9O3S. The van der Waals surface area contributed by atoms with E-state index in [1.54, 1.807) is 0 Å². The van der Waals surface area contributed by atoms with Gasteiger partial charge in [0.1, 0.15) is 17.5 Å². The fraction of sp³-hybridized carbons (Fsp3) is 0.375. The van der Waals surface area contributed by atoms with E-state index in [4.69, 9.17) is 34.8 Å². The van der Waals surface area contributed by atoms with Crippen LogP contribution in [0.2, 0.25) is 15.1 Å². The quantitative estimate of drug-likeness (QED) is 0.145. The second-order valence-corrected chi connectivity index (χ2v) is 12.1. The summed E-state index contributed by atoms with van der Waals surface area (Å²) in [5.41, 5.74) is -4.30. The normalized spacial score (nSPS) is 14.9. The van der Waals surface area contributed by atoms with Gasteiger partial charge in [0.05, 0.1) is 26.4 Å². The maximum atomic E-state index is 15.0. The van der Waals surface area contributed by atoms with Crippen molar-refractivity contribution < 1.29 is 52.7 Å². The van der Waals surface area contributed by atoms with Crippen molar-refractivity contribution >= 4 is 56.3 Å².